The lowest BCUT2D eigenvalue weighted by Gasteiger charge is -2.10. The van der Waals surface area contributed by atoms with Gasteiger partial charge in [0.15, 0.2) is 0 Å². The van der Waals surface area contributed by atoms with Crippen LogP contribution >= 0.6 is 0 Å². The molecule has 0 aliphatic heterocycles. The van der Waals surface area contributed by atoms with Crippen LogP contribution in [0, 0.1) is 5.92 Å². The molecule has 1 fully saturated rings. The number of guanidine groups is 1. The summed E-state index contributed by atoms with van der Waals surface area (Å²) < 4.78 is 0. The highest BCUT2D eigenvalue weighted by molar-refractivity contribution is 5.82. The molecule has 2 unspecified atom stereocenters. The smallest absolute Gasteiger partial charge is 0.310 e. The van der Waals surface area contributed by atoms with Gasteiger partial charge < -0.3 is 5.32 Å². The molecule has 0 amide bonds. The Morgan fingerprint density at radius 2 is 2.23 bits per heavy atom. The van der Waals surface area contributed by atoms with E-state index in [9.17, 15) is 4.79 Å². The number of nitrogens with two attached hydrogens (primary N) is 2. The number of Topliss-reactive ketones (excluding diaryl/α,β-unsaturated/α-hetero) is 1. The quantitative estimate of drug-likeness (QED) is 0.276. The van der Waals surface area contributed by atoms with Crippen LogP contribution in [0.2, 0.25) is 0 Å². The van der Waals surface area contributed by atoms with Crippen LogP contribution < -0.4 is 21.8 Å². The fraction of sp³-hybridized carbons (Fsp3) is 0.750. The molecule has 5 heteroatoms. The summed E-state index contributed by atoms with van der Waals surface area (Å²) in [6.07, 6.45) is 0.947. The first kappa shape index (κ1) is 9.98. The van der Waals surface area contributed by atoms with Gasteiger partial charge in [-0.2, -0.15) is 0 Å². The summed E-state index contributed by atoms with van der Waals surface area (Å²) in [7, 11) is 1.79. The number of carbonyl (C=O) groups excluding carboxylic acids is 1. The largest absolute Gasteiger partial charge is 0.338 e. The van der Waals surface area contributed by atoms with Crippen molar-refractivity contribution in [3.05, 3.63) is 0 Å². The zero-order valence-corrected chi connectivity index (χ0v) is 8.00. The van der Waals surface area contributed by atoms with Crippen LogP contribution in [0.5, 0.6) is 0 Å². The van der Waals surface area contributed by atoms with Gasteiger partial charge in [-0.3, -0.25) is 21.3 Å². The summed E-state index contributed by atoms with van der Waals surface area (Å²) >= 11 is 0. The summed E-state index contributed by atoms with van der Waals surface area (Å²) in [4.78, 5) is 14.0. The first-order chi connectivity index (χ1) is 6.06. The average molecular weight is 185 g/mol. The lowest BCUT2D eigenvalue weighted by atomic mass is 10.1. The Kier molecular flexibility index (Phi) is 2.87. The molecule has 0 bridgehead atoms. The minimum atomic E-state index is -0.0724. The second kappa shape index (κ2) is 3.74. The number of hydrogen-bond donors (Lipinski definition) is 4. The molecule has 1 aliphatic carbocycles. The molecule has 0 aromatic rings. The Hall–Kier alpha value is -1.10. The molecule has 0 saturated heterocycles. The van der Waals surface area contributed by atoms with Crippen LogP contribution in [0.25, 0.3) is 0 Å². The normalized spacial score (nSPS) is 27.8. The van der Waals surface area contributed by atoms with E-state index in [1.165, 1.54) is 0 Å². The molecule has 1 aliphatic rings. The fourth-order valence-corrected chi connectivity index (χ4v) is 1.68. The molecule has 6 N–H and O–H groups in total. The summed E-state index contributed by atoms with van der Waals surface area (Å²) in [5.41, 5.74) is 10.6. The van der Waals surface area contributed by atoms with Crippen LogP contribution in [0.15, 0.2) is 0 Å². The minimum Gasteiger partial charge on any atom is -0.310 e. The van der Waals surface area contributed by atoms with E-state index in [0.29, 0.717) is 5.92 Å². The highest BCUT2D eigenvalue weighted by Crippen LogP contribution is 2.30. The van der Waals surface area contributed by atoms with Crippen molar-refractivity contribution in [3.8, 4) is 0 Å². The predicted octanol–water partition coefficient (Wildman–Crippen LogP) is -3.09. The Morgan fingerprint density at radius 3 is 2.62 bits per heavy atom. The third-order valence-electron chi connectivity index (χ3n) is 2.37. The molecule has 0 heterocycles. The number of rotatable bonds is 4. The number of carbonyl (C=O) groups is 1. The predicted molar refractivity (Wildman–Crippen MR) is 49.8 cm³/mol. The molecule has 74 valence electrons. The van der Waals surface area contributed by atoms with Crippen molar-refractivity contribution in [2.24, 2.45) is 17.4 Å². The summed E-state index contributed by atoms with van der Waals surface area (Å²) in [6, 6.07) is 0.184. The van der Waals surface area contributed by atoms with Crippen LogP contribution in [-0.4, -0.2) is 30.9 Å². The van der Waals surface area contributed by atoms with Gasteiger partial charge in [-0.1, -0.05) is 0 Å². The van der Waals surface area contributed by atoms with Crippen molar-refractivity contribution >= 4 is 11.7 Å². The second-order valence-corrected chi connectivity index (χ2v) is 3.48. The van der Waals surface area contributed by atoms with Crippen LogP contribution in [0.3, 0.4) is 0 Å². The van der Waals surface area contributed by atoms with E-state index in [1.54, 1.807) is 14.0 Å². The van der Waals surface area contributed by atoms with Crippen molar-refractivity contribution < 1.29 is 9.79 Å². The standard InChI is InChI=1S/C8H16N4O/c1-4(13)7(11-2)5-3-6(5)12-8(9)10/h5-7,11H,3H2,1-2H3,(H4,9,10,12)/p+1/t5?,6?,7-/m1/s1. The van der Waals surface area contributed by atoms with Gasteiger partial charge in [-0.05, 0) is 20.4 Å². The number of nitrogens with one attached hydrogen (secondary N) is 2. The molecule has 0 radical (unpaired) electrons. The second-order valence-electron chi connectivity index (χ2n) is 3.48. The molecule has 13 heavy (non-hydrogen) atoms. The van der Waals surface area contributed by atoms with Crippen molar-refractivity contribution in [1.29, 1.82) is 0 Å². The van der Waals surface area contributed by atoms with Gasteiger partial charge in [0.2, 0.25) is 0 Å². The lowest BCUT2D eigenvalue weighted by molar-refractivity contribution is -0.479. The molecule has 1 rings (SSSR count). The third-order valence-corrected chi connectivity index (χ3v) is 2.37. The molecule has 1 saturated carbocycles. The van der Waals surface area contributed by atoms with E-state index in [0.717, 1.165) is 6.42 Å². The summed E-state index contributed by atoms with van der Waals surface area (Å²) in [5.74, 6) is 0.711. The topological polar surface area (TPSA) is 95.1 Å². The number of likely N-dealkylation sites (N-methyl/N-ethyl adjacent to an activating group) is 1. The lowest BCUT2D eigenvalue weighted by Crippen LogP contribution is -2.80. The van der Waals surface area contributed by atoms with Crippen molar-refractivity contribution in [2.75, 3.05) is 7.05 Å². The highest BCUT2D eigenvalue weighted by Gasteiger charge is 2.45. The SMILES string of the molecule is CN[C@H](C(C)=O)C1CC1[NH+]=C(N)N. The summed E-state index contributed by atoms with van der Waals surface area (Å²) in [5, 5.41) is 2.99. The van der Waals surface area contributed by atoms with Gasteiger partial charge in [-0.15, -0.1) is 0 Å². The maximum atomic E-state index is 11.1. The molecular formula is C8H17N4O+. The van der Waals surface area contributed by atoms with Gasteiger partial charge in [-0.25, -0.2) is 0 Å². The van der Waals surface area contributed by atoms with E-state index in [1.807, 2.05) is 0 Å². The maximum absolute atomic E-state index is 11.1. The van der Waals surface area contributed by atoms with Crippen LogP contribution in [0.1, 0.15) is 13.3 Å². The van der Waals surface area contributed by atoms with E-state index in [2.05, 4.69) is 10.3 Å². The molecule has 0 aromatic carbocycles. The Bertz CT molecular complexity index is 234. The van der Waals surface area contributed by atoms with E-state index >= 15 is 0 Å². The maximum Gasteiger partial charge on any atom is 0.338 e. The van der Waals surface area contributed by atoms with Crippen molar-refractivity contribution in [3.63, 3.8) is 0 Å². The van der Waals surface area contributed by atoms with Crippen molar-refractivity contribution in [1.82, 2.24) is 5.32 Å². The monoisotopic (exact) mass is 185 g/mol. The fourth-order valence-electron chi connectivity index (χ4n) is 1.68. The Balaban J connectivity index is 2.49. The van der Waals surface area contributed by atoms with Gasteiger partial charge in [0.05, 0.1) is 12.1 Å². The Labute approximate surface area is 77.6 Å². The van der Waals surface area contributed by atoms with E-state index in [4.69, 9.17) is 11.5 Å². The van der Waals surface area contributed by atoms with Gasteiger partial charge in [0, 0.05) is 5.92 Å². The third kappa shape index (κ3) is 2.42. The zero-order valence-electron chi connectivity index (χ0n) is 8.00. The first-order valence-electron chi connectivity index (χ1n) is 4.38. The van der Waals surface area contributed by atoms with Gasteiger partial charge in [0.25, 0.3) is 0 Å². The highest BCUT2D eigenvalue weighted by atomic mass is 16.1. The van der Waals surface area contributed by atoms with E-state index < -0.39 is 0 Å². The number of ketones is 1. The van der Waals surface area contributed by atoms with Crippen LogP contribution in [-0.2, 0) is 4.79 Å². The zero-order chi connectivity index (χ0) is 10.0. The van der Waals surface area contributed by atoms with Gasteiger partial charge >= 0.3 is 5.96 Å². The Morgan fingerprint density at radius 1 is 1.62 bits per heavy atom. The molecule has 0 spiro atoms. The van der Waals surface area contributed by atoms with Gasteiger partial charge in [0.1, 0.15) is 5.78 Å². The minimum absolute atomic E-state index is 0.0724. The van der Waals surface area contributed by atoms with Crippen LogP contribution in [0.4, 0.5) is 0 Å². The summed E-state index contributed by atoms with van der Waals surface area (Å²) in [6.45, 7) is 1.59. The number of hydrogen-bond acceptors (Lipinski definition) is 2. The molecule has 5 nitrogen and oxygen atoms in total. The molecular weight excluding hydrogens is 168 g/mol. The first-order valence-corrected chi connectivity index (χ1v) is 4.38. The average Bonchev–Trinajstić information content (AvgIpc) is 2.67. The molecule has 0 aromatic heterocycles. The van der Waals surface area contributed by atoms with Crippen molar-refractivity contribution in [2.45, 2.75) is 25.4 Å². The molecule has 3 atom stereocenters. The van der Waals surface area contributed by atoms with E-state index in [-0.39, 0.29) is 23.8 Å².